The Balaban J connectivity index is 1.37. The molecule has 0 radical (unpaired) electrons. The van der Waals surface area contributed by atoms with Crippen molar-refractivity contribution in [1.82, 2.24) is 5.32 Å². The number of aliphatic hydroxyl groups excluding tert-OH is 1. The van der Waals surface area contributed by atoms with E-state index in [0.29, 0.717) is 6.42 Å². The van der Waals surface area contributed by atoms with E-state index in [9.17, 15) is 29.4 Å². The monoisotopic (exact) mass is 547 g/mol. The fourth-order valence-corrected chi connectivity index (χ4v) is 7.89. The zero-order chi connectivity index (χ0) is 28.6. The first-order chi connectivity index (χ1) is 18.4. The van der Waals surface area contributed by atoms with Gasteiger partial charge in [0.2, 0.25) is 11.7 Å². The quantitative estimate of drug-likeness (QED) is 0.274. The molecule has 0 spiro atoms. The number of aliphatic hydroxyl groups is 2. The summed E-state index contributed by atoms with van der Waals surface area (Å²) >= 11 is 0. The third-order valence-electron chi connectivity index (χ3n) is 10.0. The average molecular weight is 548 g/mol. The SMILES string of the molecule is COC(CNC(=O)CCC(=O)OCC(=O)[C@@]1(O)CC[C@H]2[C@@H]3CCC4=CC(=O)C=C[C@]4(C)[C@H]3[C@H](O)C[C@@]21C)OC. The molecule has 3 saturated carbocycles. The van der Waals surface area contributed by atoms with Crippen molar-refractivity contribution >= 4 is 23.4 Å². The summed E-state index contributed by atoms with van der Waals surface area (Å²) in [5, 5.41) is 25.8. The van der Waals surface area contributed by atoms with Gasteiger partial charge in [-0.05, 0) is 56.1 Å². The number of esters is 1. The van der Waals surface area contributed by atoms with Crippen LogP contribution in [0.2, 0.25) is 0 Å². The minimum Gasteiger partial charge on any atom is -0.458 e. The van der Waals surface area contributed by atoms with Gasteiger partial charge in [0.25, 0.3) is 0 Å². The summed E-state index contributed by atoms with van der Waals surface area (Å²) in [7, 11) is 2.89. The molecule has 10 heteroatoms. The Bertz CT molecular complexity index is 1060. The Kier molecular flexibility index (Phi) is 8.52. The number of hydrogen-bond acceptors (Lipinski definition) is 9. The maximum absolute atomic E-state index is 13.3. The minimum atomic E-state index is -1.73. The first kappa shape index (κ1) is 29.6. The van der Waals surface area contributed by atoms with E-state index in [4.69, 9.17) is 14.2 Å². The second-order valence-corrected chi connectivity index (χ2v) is 11.9. The molecule has 0 heterocycles. The summed E-state index contributed by atoms with van der Waals surface area (Å²) in [4.78, 5) is 49.6. The van der Waals surface area contributed by atoms with Crippen molar-refractivity contribution in [3.05, 3.63) is 23.8 Å². The summed E-state index contributed by atoms with van der Waals surface area (Å²) in [6, 6.07) is 0. The van der Waals surface area contributed by atoms with Crippen LogP contribution in [0.15, 0.2) is 23.8 Å². The Labute approximate surface area is 229 Å². The molecule has 0 aliphatic heterocycles. The van der Waals surface area contributed by atoms with Gasteiger partial charge in [-0.1, -0.05) is 25.5 Å². The Morgan fingerprint density at radius 2 is 1.87 bits per heavy atom. The van der Waals surface area contributed by atoms with E-state index in [1.807, 2.05) is 13.0 Å². The lowest BCUT2D eigenvalue weighted by Gasteiger charge is -2.59. The lowest BCUT2D eigenvalue weighted by molar-refractivity contribution is -0.181. The van der Waals surface area contributed by atoms with Crippen LogP contribution in [0.25, 0.3) is 0 Å². The lowest BCUT2D eigenvalue weighted by atomic mass is 9.46. The molecule has 3 N–H and O–H groups in total. The number of Topliss-reactive ketones (excluding diaryl/α,β-unsaturated/α-hetero) is 1. The van der Waals surface area contributed by atoms with Crippen molar-refractivity contribution in [1.29, 1.82) is 0 Å². The third-order valence-corrected chi connectivity index (χ3v) is 10.0. The first-order valence-corrected chi connectivity index (χ1v) is 13.8. The highest BCUT2D eigenvalue weighted by atomic mass is 16.7. The van der Waals surface area contributed by atoms with Crippen LogP contribution in [-0.4, -0.2) is 79.0 Å². The van der Waals surface area contributed by atoms with Gasteiger partial charge in [-0.3, -0.25) is 19.2 Å². The molecular weight excluding hydrogens is 506 g/mol. The number of rotatable bonds is 10. The summed E-state index contributed by atoms with van der Waals surface area (Å²) in [5.74, 6) is -1.72. The van der Waals surface area contributed by atoms with Gasteiger partial charge in [0.05, 0.1) is 19.1 Å². The van der Waals surface area contributed by atoms with Crippen LogP contribution in [-0.2, 0) is 33.4 Å². The minimum absolute atomic E-state index is 0.00618. The topological polar surface area (TPSA) is 148 Å². The number of allylic oxidation sites excluding steroid dienone is 4. The third kappa shape index (κ3) is 5.24. The number of carbonyl (C=O) groups is 4. The Morgan fingerprint density at radius 1 is 1.15 bits per heavy atom. The summed E-state index contributed by atoms with van der Waals surface area (Å²) in [5.41, 5.74) is -1.99. The van der Waals surface area contributed by atoms with Crippen LogP contribution < -0.4 is 5.32 Å². The normalized spacial score (nSPS) is 37.0. The van der Waals surface area contributed by atoms with E-state index >= 15 is 0 Å². The molecule has 216 valence electrons. The summed E-state index contributed by atoms with van der Waals surface area (Å²) in [6.07, 6.45) is 6.12. The predicted octanol–water partition coefficient (Wildman–Crippen LogP) is 1.62. The molecule has 39 heavy (non-hydrogen) atoms. The van der Waals surface area contributed by atoms with Crippen molar-refractivity contribution < 1.29 is 43.6 Å². The molecule has 1 amide bonds. The van der Waals surface area contributed by atoms with E-state index in [1.54, 1.807) is 12.2 Å². The van der Waals surface area contributed by atoms with Crippen LogP contribution in [0, 0.1) is 28.6 Å². The van der Waals surface area contributed by atoms with Gasteiger partial charge in [0.1, 0.15) is 5.60 Å². The summed E-state index contributed by atoms with van der Waals surface area (Å²) < 4.78 is 15.1. The number of fused-ring (bicyclic) bond motifs is 5. The molecule has 0 unspecified atom stereocenters. The molecule has 10 nitrogen and oxygen atoms in total. The molecule has 0 bridgehead atoms. The van der Waals surface area contributed by atoms with Crippen LogP contribution in [0.5, 0.6) is 0 Å². The number of methoxy groups -OCH3 is 2. The zero-order valence-corrected chi connectivity index (χ0v) is 23.2. The summed E-state index contributed by atoms with van der Waals surface area (Å²) in [6.45, 7) is 3.48. The van der Waals surface area contributed by atoms with Crippen molar-refractivity contribution in [3.8, 4) is 0 Å². The second kappa shape index (κ2) is 11.2. The maximum atomic E-state index is 13.3. The van der Waals surface area contributed by atoms with Gasteiger partial charge in [-0.15, -0.1) is 0 Å². The fourth-order valence-electron chi connectivity index (χ4n) is 7.89. The van der Waals surface area contributed by atoms with Gasteiger partial charge < -0.3 is 29.7 Å². The van der Waals surface area contributed by atoms with Crippen molar-refractivity contribution in [2.75, 3.05) is 27.4 Å². The smallest absolute Gasteiger partial charge is 0.306 e. The standard InChI is InChI=1S/C29H41NO9/c1-27-11-9-18(31)13-17(27)5-6-19-20-10-12-29(36,28(20,2)14-21(32)26(19)27)22(33)16-39-24(35)8-7-23(34)30-15-25(37-3)38-4/h9,11,13,19-21,25-26,32,36H,5-8,10,12,14-16H2,1-4H3,(H,30,34)/t19-,20-,21+,26+,27-,28-,29-/m0/s1. The average Bonchev–Trinajstić information content (AvgIpc) is 3.17. The highest BCUT2D eigenvalue weighted by Gasteiger charge is 2.68. The number of hydrogen-bond donors (Lipinski definition) is 3. The number of ketones is 2. The van der Waals surface area contributed by atoms with Gasteiger partial charge in [-0.25, -0.2) is 0 Å². The molecule has 0 saturated heterocycles. The number of ether oxygens (including phenoxy) is 3. The fraction of sp³-hybridized carbons (Fsp3) is 0.724. The molecular formula is C29H41NO9. The van der Waals surface area contributed by atoms with Crippen molar-refractivity contribution in [2.24, 2.45) is 28.6 Å². The Hall–Kier alpha value is -2.40. The molecule has 0 aromatic heterocycles. The predicted molar refractivity (Wildman–Crippen MR) is 139 cm³/mol. The van der Waals surface area contributed by atoms with E-state index in [-0.39, 0.29) is 61.7 Å². The van der Waals surface area contributed by atoms with E-state index in [2.05, 4.69) is 12.2 Å². The van der Waals surface area contributed by atoms with E-state index in [0.717, 1.165) is 18.4 Å². The molecule has 4 aliphatic carbocycles. The van der Waals surface area contributed by atoms with E-state index < -0.39 is 47.2 Å². The van der Waals surface area contributed by atoms with Gasteiger partial charge in [0.15, 0.2) is 18.7 Å². The van der Waals surface area contributed by atoms with Crippen LogP contribution in [0.4, 0.5) is 0 Å². The molecule has 7 atom stereocenters. The van der Waals surface area contributed by atoms with Crippen molar-refractivity contribution in [2.45, 2.75) is 76.8 Å². The number of amides is 1. The number of carbonyl (C=O) groups excluding carboxylic acids is 4. The second-order valence-electron chi connectivity index (χ2n) is 11.9. The first-order valence-electron chi connectivity index (χ1n) is 13.8. The molecule has 4 rings (SSSR count). The highest BCUT2D eigenvalue weighted by Crippen LogP contribution is 2.67. The van der Waals surface area contributed by atoms with E-state index in [1.165, 1.54) is 14.2 Å². The maximum Gasteiger partial charge on any atom is 0.306 e. The zero-order valence-electron chi connectivity index (χ0n) is 23.2. The number of nitrogens with one attached hydrogen (secondary N) is 1. The largest absolute Gasteiger partial charge is 0.458 e. The van der Waals surface area contributed by atoms with Gasteiger partial charge in [-0.2, -0.15) is 0 Å². The molecule has 0 aromatic carbocycles. The Morgan fingerprint density at radius 3 is 2.56 bits per heavy atom. The van der Waals surface area contributed by atoms with Crippen LogP contribution >= 0.6 is 0 Å². The molecule has 0 aromatic rings. The van der Waals surface area contributed by atoms with Crippen LogP contribution in [0.3, 0.4) is 0 Å². The highest BCUT2D eigenvalue weighted by molar-refractivity contribution is 6.01. The lowest BCUT2D eigenvalue weighted by Crippen LogP contribution is -2.61. The van der Waals surface area contributed by atoms with Crippen LogP contribution in [0.1, 0.15) is 58.8 Å². The molecule has 3 fully saturated rings. The van der Waals surface area contributed by atoms with Crippen molar-refractivity contribution in [3.63, 3.8) is 0 Å². The molecule has 4 aliphatic rings. The van der Waals surface area contributed by atoms with Gasteiger partial charge in [0, 0.05) is 37.4 Å². The van der Waals surface area contributed by atoms with Gasteiger partial charge >= 0.3 is 5.97 Å².